The summed E-state index contributed by atoms with van der Waals surface area (Å²) in [5, 5.41) is 2.82. The molecule has 118 valence electrons. The molecule has 4 heteroatoms. The minimum absolute atomic E-state index is 0.352. The van der Waals surface area contributed by atoms with E-state index in [1.807, 2.05) is 32.9 Å². The molecule has 1 rings (SSSR count). The third-order valence-electron chi connectivity index (χ3n) is 3.21. The van der Waals surface area contributed by atoms with E-state index in [0.29, 0.717) is 12.5 Å². The van der Waals surface area contributed by atoms with Crippen molar-refractivity contribution in [1.29, 1.82) is 0 Å². The van der Waals surface area contributed by atoms with Crippen LogP contribution in [0.2, 0.25) is 0 Å². The van der Waals surface area contributed by atoms with Gasteiger partial charge in [-0.25, -0.2) is 4.79 Å². The van der Waals surface area contributed by atoms with Gasteiger partial charge in [0.2, 0.25) is 0 Å². The Kier molecular flexibility index (Phi) is 6.53. The average molecular weight is 292 g/mol. The summed E-state index contributed by atoms with van der Waals surface area (Å²) in [7, 11) is 0. The zero-order valence-corrected chi connectivity index (χ0v) is 13.6. The van der Waals surface area contributed by atoms with Gasteiger partial charge in [0.05, 0.1) is 0 Å². The van der Waals surface area contributed by atoms with Gasteiger partial charge in [-0.05, 0) is 57.2 Å². The van der Waals surface area contributed by atoms with E-state index in [2.05, 4.69) is 24.4 Å². The van der Waals surface area contributed by atoms with Gasteiger partial charge in [-0.1, -0.05) is 25.5 Å². The molecule has 0 spiro atoms. The van der Waals surface area contributed by atoms with E-state index in [0.717, 1.165) is 24.9 Å². The molecule has 1 atom stereocenters. The third-order valence-corrected chi connectivity index (χ3v) is 3.21. The molecule has 0 aromatic heterocycles. The van der Waals surface area contributed by atoms with E-state index in [-0.39, 0.29) is 6.09 Å². The molecule has 0 aliphatic carbocycles. The maximum Gasteiger partial charge on any atom is 0.407 e. The van der Waals surface area contributed by atoms with Gasteiger partial charge in [0, 0.05) is 12.2 Å². The monoisotopic (exact) mass is 292 g/mol. The molecule has 1 aromatic rings. The second-order valence-corrected chi connectivity index (χ2v) is 6.37. The fraction of sp³-hybridized carbons (Fsp3) is 0.588. The van der Waals surface area contributed by atoms with Crippen molar-refractivity contribution in [2.75, 3.05) is 12.3 Å². The number of ether oxygens (including phenoxy) is 1. The largest absolute Gasteiger partial charge is 0.444 e. The maximum absolute atomic E-state index is 11.6. The molecule has 0 aliphatic heterocycles. The number of hydrogen-bond acceptors (Lipinski definition) is 3. The van der Waals surface area contributed by atoms with Crippen molar-refractivity contribution < 1.29 is 9.53 Å². The van der Waals surface area contributed by atoms with Crippen LogP contribution < -0.4 is 11.1 Å². The highest BCUT2D eigenvalue weighted by Gasteiger charge is 2.16. The number of nitrogen functional groups attached to an aromatic ring is 1. The minimum Gasteiger partial charge on any atom is -0.444 e. The number of benzene rings is 1. The van der Waals surface area contributed by atoms with Gasteiger partial charge in [0.15, 0.2) is 0 Å². The second kappa shape index (κ2) is 7.91. The van der Waals surface area contributed by atoms with Crippen molar-refractivity contribution in [1.82, 2.24) is 5.32 Å². The fourth-order valence-electron chi connectivity index (χ4n) is 2.26. The van der Waals surface area contributed by atoms with Gasteiger partial charge in [0.25, 0.3) is 0 Å². The quantitative estimate of drug-likeness (QED) is 0.777. The molecular formula is C17H28N2O2. The van der Waals surface area contributed by atoms with Crippen LogP contribution in [0.4, 0.5) is 10.5 Å². The molecule has 0 aliphatic rings. The lowest BCUT2D eigenvalue weighted by Crippen LogP contribution is -2.33. The van der Waals surface area contributed by atoms with Gasteiger partial charge < -0.3 is 15.8 Å². The number of amides is 1. The number of carbonyl (C=O) groups excluding carboxylic acids is 1. The molecule has 0 saturated heterocycles. The van der Waals surface area contributed by atoms with Gasteiger partial charge in [-0.2, -0.15) is 0 Å². The maximum atomic E-state index is 11.6. The summed E-state index contributed by atoms with van der Waals surface area (Å²) in [5.74, 6) is 0.436. The lowest BCUT2D eigenvalue weighted by atomic mass is 9.91. The molecule has 0 bridgehead atoms. The van der Waals surface area contributed by atoms with Crippen LogP contribution in [0.1, 0.15) is 58.4 Å². The predicted molar refractivity (Wildman–Crippen MR) is 87.4 cm³/mol. The number of nitrogens with two attached hydrogens (primary N) is 1. The summed E-state index contributed by atoms with van der Waals surface area (Å²) in [6.45, 7) is 8.37. The fourth-order valence-corrected chi connectivity index (χ4v) is 2.26. The van der Waals surface area contributed by atoms with Crippen LogP contribution in [-0.4, -0.2) is 18.2 Å². The Labute approximate surface area is 128 Å². The Hall–Kier alpha value is -1.71. The van der Waals surface area contributed by atoms with Crippen molar-refractivity contribution >= 4 is 11.8 Å². The van der Waals surface area contributed by atoms with Crippen LogP contribution in [0.5, 0.6) is 0 Å². The van der Waals surface area contributed by atoms with Gasteiger partial charge in [0.1, 0.15) is 5.60 Å². The molecule has 0 saturated carbocycles. The average Bonchev–Trinajstić information content (AvgIpc) is 2.36. The van der Waals surface area contributed by atoms with Crippen LogP contribution in [0.15, 0.2) is 24.3 Å². The molecule has 3 N–H and O–H groups in total. The standard InChI is InChI=1S/C17H28N2O2/c1-5-6-13(14-7-9-15(18)10-8-14)11-12-19-16(20)21-17(2,3)4/h7-10,13H,5-6,11-12,18H2,1-4H3,(H,19,20). The third kappa shape index (κ3) is 7.02. The van der Waals surface area contributed by atoms with E-state index in [1.54, 1.807) is 0 Å². The van der Waals surface area contributed by atoms with E-state index >= 15 is 0 Å². The summed E-state index contributed by atoms with van der Waals surface area (Å²) in [6.07, 6.45) is 2.76. The molecule has 0 radical (unpaired) electrons. The predicted octanol–water partition coefficient (Wildman–Crippen LogP) is 4.07. The highest BCUT2D eigenvalue weighted by atomic mass is 16.6. The highest BCUT2D eigenvalue weighted by Crippen LogP contribution is 2.25. The summed E-state index contributed by atoms with van der Waals surface area (Å²) in [5.41, 5.74) is 7.32. The molecule has 1 unspecified atom stereocenters. The number of hydrogen-bond donors (Lipinski definition) is 2. The molecule has 1 amide bonds. The molecule has 0 heterocycles. The number of rotatable bonds is 6. The van der Waals surface area contributed by atoms with Crippen LogP contribution in [0.3, 0.4) is 0 Å². The zero-order valence-electron chi connectivity index (χ0n) is 13.6. The second-order valence-electron chi connectivity index (χ2n) is 6.37. The first-order valence-corrected chi connectivity index (χ1v) is 7.64. The molecule has 21 heavy (non-hydrogen) atoms. The molecule has 4 nitrogen and oxygen atoms in total. The Morgan fingerprint density at radius 3 is 2.38 bits per heavy atom. The first kappa shape index (κ1) is 17.3. The first-order valence-electron chi connectivity index (χ1n) is 7.64. The summed E-state index contributed by atoms with van der Waals surface area (Å²) in [6, 6.07) is 8.00. The number of anilines is 1. The SMILES string of the molecule is CCCC(CCNC(=O)OC(C)(C)C)c1ccc(N)cc1. The van der Waals surface area contributed by atoms with Crippen molar-refractivity contribution in [3.05, 3.63) is 29.8 Å². The normalized spacial score (nSPS) is 12.8. The van der Waals surface area contributed by atoms with Gasteiger partial charge in [-0.3, -0.25) is 0 Å². The molecule has 0 fully saturated rings. The lowest BCUT2D eigenvalue weighted by Gasteiger charge is -2.21. The van der Waals surface area contributed by atoms with Gasteiger partial charge >= 0.3 is 6.09 Å². The van der Waals surface area contributed by atoms with Crippen molar-refractivity contribution in [2.45, 2.75) is 58.5 Å². The van der Waals surface area contributed by atoms with Crippen LogP contribution in [0, 0.1) is 0 Å². The summed E-state index contributed by atoms with van der Waals surface area (Å²) < 4.78 is 5.23. The number of carbonyl (C=O) groups is 1. The van der Waals surface area contributed by atoms with Gasteiger partial charge in [-0.15, -0.1) is 0 Å². The van der Waals surface area contributed by atoms with Crippen molar-refractivity contribution in [2.24, 2.45) is 0 Å². The Bertz CT molecular complexity index is 435. The molecular weight excluding hydrogens is 264 g/mol. The molecule has 1 aromatic carbocycles. The van der Waals surface area contributed by atoms with Crippen LogP contribution >= 0.6 is 0 Å². The number of nitrogens with one attached hydrogen (secondary N) is 1. The van der Waals surface area contributed by atoms with Crippen molar-refractivity contribution in [3.63, 3.8) is 0 Å². The smallest absolute Gasteiger partial charge is 0.407 e. The highest BCUT2D eigenvalue weighted by molar-refractivity contribution is 5.67. The first-order chi connectivity index (χ1) is 9.81. The van der Waals surface area contributed by atoms with Crippen LogP contribution in [0.25, 0.3) is 0 Å². The Morgan fingerprint density at radius 1 is 1.24 bits per heavy atom. The number of alkyl carbamates (subject to hydrolysis) is 1. The topological polar surface area (TPSA) is 64.3 Å². The van der Waals surface area contributed by atoms with Crippen LogP contribution in [-0.2, 0) is 4.74 Å². The lowest BCUT2D eigenvalue weighted by molar-refractivity contribution is 0.0526. The van der Waals surface area contributed by atoms with E-state index in [9.17, 15) is 4.79 Å². The summed E-state index contributed by atoms with van der Waals surface area (Å²) >= 11 is 0. The zero-order chi connectivity index (χ0) is 15.9. The van der Waals surface area contributed by atoms with Crippen molar-refractivity contribution in [3.8, 4) is 0 Å². The summed E-state index contributed by atoms with van der Waals surface area (Å²) in [4.78, 5) is 11.6. The minimum atomic E-state index is -0.455. The Morgan fingerprint density at radius 2 is 1.86 bits per heavy atom. The van der Waals surface area contributed by atoms with E-state index in [1.165, 1.54) is 5.56 Å². The Balaban J connectivity index is 2.48. The van der Waals surface area contributed by atoms with E-state index in [4.69, 9.17) is 10.5 Å². The van der Waals surface area contributed by atoms with E-state index < -0.39 is 5.60 Å².